The fraction of sp³-hybridized carbons (Fsp3) is 0.643. The predicted octanol–water partition coefficient (Wildman–Crippen LogP) is 2.26. The molecule has 5 heteroatoms. The molecule has 3 rings (SSSR count). The van der Waals surface area contributed by atoms with Crippen LogP contribution in [0.3, 0.4) is 0 Å². The lowest BCUT2D eigenvalue weighted by Gasteiger charge is -2.16. The van der Waals surface area contributed by atoms with Gasteiger partial charge in [0.2, 0.25) is 0 Å². The summed E-state index contributed by atoms with van der Waals surface area (Å²) in [6.45, 7) is 2.19. The Hall–Kier alpha value is -1.07. The van der Waals surface area contributed by atoms with Gasteiger partial charge in [-0.3, -0.25) is 0 Å². The molecule has 1 unspecified atom stereocenters. The second-order valence-electron chi connectivity index (χ2n) is 5.46. The summed E-state index contributed by atoms with van der Waals surface area (Å²) in [5.74, 6) is 0. The van der Waals surface area contributed by atoms with Crippen LogP contribution in [0.15, 0.2) is 17.5 Å². The van der Waals surface area contributed by atoms with Crippen LogP contribution in [0.4, 0.5) is 4.79 Å². The van der Waals surface area contributed by atoms with Crippen LogP contribution in [0, 0.1) is 0 Å². The van der Waals surface area contributed by atoms with E-state index < -0.39 is 0 Å². The third-order valence-electron chi connectivity index (χ3n) is 4.00. The van der Waals surface area contributed by atoms with Gasteiger partial charge in [0.05, 0.1) is 6.10 Å². The summed E-state index contributed by atoms with van der Waals surface area (Å²) in [5.41, 5.74) is 0.218. The number of nitrogens with one attached hydrogen (secondary N) is 2. The van der Waals surface area contributed by atoms with Crippen LogP contribution in [0.1, 0.15) is 30.6 Å². The van der Waals surface area contributed by atoms with Crippen LogP contribution in [-0.2, 0) is 10.2 Å². The Bertz CT molecular complexity index is 423. The number of ether oxygens (including phenoxy) is 1. The number of thiophene rings is 1. The maximum Gasteiger partial charge on any atom is 0.314 e. The molecule has 1 aromatic rings. The number of carbonyl (C=O) groups is 1. The van der Waals surface area contributed by atoms with Gasteiger partial charge in [-0.2, -0.15) is 0 Å². The largest absolute Gasteiger partial charge is 0.376 e. The molecule has 2 amide bonds. The fourth-order valence-electron chi connectivity index (χ4n) is 2.57. The van der Waals surface area contributed by atoms with E-state index in [1.54, 1.807) is 11.3 Å². The Balaban J connectivity index is 1.41. The molecule has 0 aromatic carbocycles. The van der Waals surface area contributed by atoms with E-state index in [1.165, 1.54) is 17.7 Å². The molecule has 1 aliphatic carbocycles. The third kappa shape index (κ3) is 3.09. The van der Waals surface area contributed by atoms with Gasteiger partial charge in [0.15, 0.2) is 0 Å². The van der Waals surface area contributed by atoms with Crippen molar-refractivity contribution in [2.24, 2.45) is 0 Å². The predicted molar refractivity (Wildman–Crippen MR) is 75.6 cm³/mol. The lowest BCUT2D eigenvalue weighted by molar-refractivity contribution is 0.111. The number of urea groups is 1. The molecule has 2 heterocycles. The van der Waals surface area contributed by atoms with Crippen molar-refractivity contribution in [2.45, 2.75) is 37.2 Å². The number of hydrogen-bond donors (Lipinski definition) is 2. The van der Waals surface area contributed by atoms with E-state index in [0.29, 0.717) is 6.54 Å². The van der Waals surface area contributed by atoms with E-state index in [9.17, 15) is 4.79 Å². The molecule has 0 radical (unpaired) electrons. The zero-order valence-electron chi connectivity index (χ0n) is 11.0. The molecule has 19 heavy (non-hydrogen) atoms. The minimum Gasteiger partial charge on any atom is -0.376 e. The lowest BCUT2D eigenvalue weighted by Crippen LogP contribution is -2.42. The smallest absolute Gasteiger partial charge is 0.314 e. The van der Waals surface area contributed by atoms with Crippen molar-refractivity contribution in [2.75, 3.05) is 19.7 Å². The minimum atomic E-state index is -0.0710. The molecule has 104 valence electrons. The highest BCUT2D eigenvalue weighted by molar-refractivity contribution is 7.10. The lowest BCUT2D eigenvalue weighted by atomic mass is 10.1. The molecule has 1 saturated heterocycles. The molecule has 1 aliphatic heterocycles. The van der Waals surface area contributed by atoms with E-state index in [4.69, 9.17) is 4.74 Å². The second-order valence-corrected chi connectivity index (χ2v) is 6.40. The maximum absolute atomic E-state index is 11.8. The average molecular weight is 280 g/mol. The molecule has 4 nitrogen and oxygen atoms in total. The van der Waals surface area contributed by atoms with Gasteiger partial charge in [0.1, 0.15) is 0 Å². The Kier molecular flexibility index (Phi) is 3.75. The molecule has 1 aromatic heterocycles. The summed E-state index contributed by atoms with van der Waals surface area (Å²) in [7, 11) is 0. The highest BCUT2D eigenvalue weighted by Crippen LogP contribution is 2.49. The van der Waals surface area contributed by atoms with Crippen molar-refractivity contribution < 1.29 is 9.53 Å². The number of hydrogen-bond acceptors (Lipinski definition) is 3. The average Bonchev–Trinajstić information content (AvgIpc) is 2.90. The van der Waals surface area contributed by atoms with Crippen molar-refractivity contribution in [3.63, 3.8) is 0 Å². The molecular formula is C14H20N2O2S. The van der Waals surface area contributed by atoms with E-state index in [2.05, 4.69) is 28.1 Å². The van der Waals surface area contributed by atoms with Gasteiger partial charge >= 0.3 is 6.03 Å². The first-order valence-corrected chi connectivity index (χ1v) is 7.84. The summed E-state index contributed by atoms with van der Waals surface area (Å²) in [5, 5.41) is 8.00. The quantitative estimate of drug-likeness (QED) is 0.869. The zero-order chi connectivity index (χ0) is 13.1. The summed E-state index contributed by atoms with van der Waals surface area (Å²) in [6.07, 6.45) is 4.73. The number of rotatable bonds is 5. The van der Waals surface area contributed by atoms with Crippen LogP contribution in [0.5, 0.6) is 0 Å². The molecule has 2 N–H and O–H groups in total. The van der Waals surface area contributed by atoms with Gasteiger partial charge in [-0.1, -0.05) is 6.07 Å². The van der Waals surface area contributed by atoms with Crippen molar-refractivity contribution in [1.29, 1.82) is 0 Å². The third-order valence-corrected chi connectivity index (χ3v) is 5.12. The van der Waals surface area contributed by atoms with Gasteiger partial charge in [-0.15, -0.1) is 11.3 Å². The van der Waals surface area contributed by atoms with Crippen LogP contribution in [-0.4, -0.2) is 31.8 Å². The summed E-state index contributed by atoms with van der Waals surface area (Å²) < 4.78 is 5.48. The summed E-state index contributed by atoms with van der Waals surface area (Å²) in [6, 6.07) is 4.18. The van der Waals surface area contributed by atoms with Crippen LogP contribution >= 0.6 is 11.3 Å². The molecule has 0 spiro atoms. The zero-order valence-corrected chi connectivity index (χ0v) is 11.8. The first-order valence-electron chi connectivity index (χ1n) is 6.96. The van der Waals surface area contributed by atoms with Crippen LogP contribution in [0.25, 0.3) is 0 Å². The Morgan fingerprint density at radius 3 is 3.00 bits per heavy atom. The highest BCUT2D eigenvalue weighted by atomic mass is 32.1. The molecule has 2 aliphatic rings. The van der Waals surface area contributed by atoms with Crippen LogP contribution < -0.4 is 10.6 Å². The number of amides is 2. The summed E-state index contributed by atoms with van der Waals surface area (Å²) >= 11 is 1.79. The molecular weight excluding hydrogens is 260 g/mol. The van der Waals surface area contributed by atoms with Crippen LogP contribution in [0.2, 0.25) is 0 Å². The van der Waals surface area contributed by atoms with Crippen molar-refractivity contribution in [1.82, 2.24) is 10.6 Å². The fourth-order valence-corrected chi connectivity index (χ4v) is 3.55. The molecule has 2 fully saturated rings. The normalized spacial score (nSPS) is 24.1. The highest BCUT2D eigenvalue weighted by Gasteiger charge is 2.45. The molecule has 0 bridgehead atoms. The van der Waals surface area contributed by atoms with E-state index in [-0.39, 0.29) is 17.6 Å². The monoisotopic (exact) mass is 280 g/mol. The SMILES string of the molecule is O=C(NCC1CCCO1)NCC1(c2cccs2)CC1. The van der Waals surface area contributed by atoms with Crippen molar-refractivity contribution in [3.05, 3.63) is 22.4 Å². The maximum atomic E-state index is 11.8. The first-order chi connectivity index (χ1) is 9.28. The van der Waals surface area contributed by atoms with E-state index in [1.807, 2.05) is 0 Å². The first kappa shape index (κ1) is 12.9. The topological polar surface area (TPSA) is 50.4 Å². The van der Waals surface area contributed by atoms with Crippen molar-refractivity contribution >= 4 is 17.4 Å². The van der Waals surface area contributed by atoms with Crippen molar-refractivity contribution in [3.8, 4) is 0 Å². The Labute approximate surface area is 117 Å². The van der Waals surface area contributed by atoms with Gasteiger partial charge in [0.25, 0.3) is 0 Å². The van der Waals surface area contributed by atoms with Gasteiger partial charge in [-0.05, 0) is 37.1 Å². The Morgan fingerprint density at radius 2 is 2.37 bits per heavy atom. The van der Waals surface area contributed by atoms with Gasteiger partial charge in [0, 0.05) is 30.0 Å². The van der Waals surface area contributed by atoms with Gasteiger partial charge in [-0.25, -0.2) is 4.79 Å². The molecule has 1 saturated carbocycles. The van der Waals surface area contributed by atoms with E-state index >= 15 is 0 Å². The Morgan fingerprint density at radius 1 is 1.47 bits per heavy atom. The second kappa shape index (κ2) is 5.51. The molecule has 1 atom stereocenters. The standard InChI is InChI=1S/C14H20N2O2S/c17-13(15-9-11-3-1-7-18-11)16-10-14(5-6-14)12-4-2-8-19-12/h2,4,8,11H,1,3,5-7,9-10H2,(H2,15,16,17). The van der Waals surface area contributed by atoms with Gasteiger partial charge < -0.3 is 15.4 Å². The number of carbonyl (C=O) groups excluding carboxylic acids is 1. The van der Waals surface area contributed by atoms with E-state index in [0.717, 1.165) is 26.0 Å². The minimum absolute atomic E-state index is 0.0710. The summed E-state index contributed by atoms with van der Waals surface area (Å²) in [4.78, 5) is 13.2.